The molecule has 2 atom stereocenters. The molecule has 0 rings (SSSR count). The number of hydrogen-bond acceptors (Lipinski definition) is 2. The van der Waals surface area contributed by atoms with Crippen molar-refractivity contribution in [2.45, 2.75) is 40.0 Å². The first-order valence-corrected chi connectivity index (χ1v) is 4.81. The van der Waals surface area contributed by atoms with Crippen molar-refractivity contribution in [3.8, 4) is 0 Å². The van der Waals surface area contributed by atoms with Crippen LogP contribution >= 0.6 is 0 Å². The van der Waals surface area contributed by atoms with Crippen molar-refractivity contribution < 1.29 is 4.79 Å². The van der Waals surface area contributed by atoms with Gasteiger partial charge in [0.1, 0.15) is 5.78 Å². The maximum Gasteiger partial charge on any atom is 0.133 e. The van der Waals surface area contributed by atoms with E-state index in [1.54, 1.807) is 0 Å². The molecule has 2 heteroatoms. The van der Waals surface area contributed by atoms with Crippen molar-refractivity contribution in [1.82, 2.24) is 0 Å². The van der Waals surface area contributed by atoms with Crippen molar-refractivity contribution >= 4 is 5.78 Å². The van der Waals surface area contributed by atoms with Crippen LogP contribution in [-0.4, -0.2) is 12.3 Å². The van der Waals surface area contributed by atoms with Crippen molar-refractivity contribution in [2.24, 2.45) is 17.6 Å². The highest BCUT2D eigenvalue weighted by atomic mass is 16.1. The summed E-state index contributed by atoms with van der Waals surface area (Å²) >= 11 is 0. The minimum absolute atomic E-state index is 0.349. The SMILES string of the molecule is CCC(C)CC(=O)CC(C)CN. The molecule has 0 aromatic rings. The fourth-order valence-corrected chi connectivity index (χ4v) is 1.09. The van der Waals surface area contributed by atoms with E-state index in [-0.39, 0.29) is 0 Å². The first kappa shape index (κ1) is 11.6. The Hall–Kier alpha value is -0.370. The molecular weight excluding hydrogens is 150 g/mol. The second-order valence-electron chi connectivity index (χ2n) is 3.80. The second-order valence-corrected chi connectivity index (χ2v) is 3.80. The standard InChI is InChI=1S/C10H21NO/c1-4-8(2)5-10(12)6-9(3)7-11/h8-9H,4-7,11H2,1-3H3. The molecule has 0 fully saturated rings. The highest BCUT2D eigenvalue weighted by Crippen LogP contribution is 2.11. The number of carbonyl (C=O) groups is 1. The highest BCUT2D eigenvalue weighted by molar-refractivity contribution is 5.78. The van der Waals surface area contributed by atoms with Crippen LogP contribution in [0.2, 0.25) is 0 Å². The van der Waals surface area contributed by atoms with Crippen molar-refractivity contribution in [3.05, 3.63) is 0 Å². The minimum atomic E-state index is 0.349. The van der Waals surface area contributed by atoms with Gasteiger partial charge in [-0.05, 0) is 18.4 Å². The Labute approximate surface area is 75.5 Å². The van der Waals surface area contributed by atoms with Gasteiger partial charge < -0.3 is 5.73 Å². The molecule has 0 amide bonds. The Morgan fingerprint density at radius 2 is 1.75 bits per heavy atom. The van der Waals surface area contributed by atoms with Gasteiger partial charge in [0.15, 0.2) is 0 Å². The first-order chi connectivity index (χ1) is 5.60. The molecule has 2 N–H and O–H groups in total. The minimum Gasteiger partial charge on any atom is -0.330 e. The average molecular weight is 171 g/mol. The van der Waals surface area contributed by atoms with Gasteiger partial charge in [-0.25, -0.2) is 0 Å². The smallest absolute Gasteiger partial charge is 0.133 e. The van der Waals surface area contributed by atoms with E-state index in [1.165, 1.54) is 0 Å². The molecule has 0 aromatic carbocycles. The average Bonchev–Trinajstić information content (AvgIpc) is 2.03. The molecular formula is C10H21NO. The molecule has 0 heterocycles. The van der Waals surface area contributed by atoms with Gasteiger partial charge in [0.25, 0.3) is 0 Å². The van der Waals surface area contributed by atoms with E-state index in [1.807, 2.05) is 6.92 Å². The summed E-state index contributed by atoms with van der Waals surface area (Å²) in [6.45, 7) is 6.87. The van der Waals surface area contributed by atoms with Gasteiger partial charge >= 0.3 is 0 Å². The van der Waals surface area contributed by atoms with Crippen molar-refractivity contribution in [2.75, 3.05) is 6.54 Å². The fraction of sp³-hybridized carbons (Fsp3) is 0.900. The predicted octanol–water partition coefficient (Wildman–Crippen LogP) is 1.98. The number of carbonyl (C=O) groups excluding carboxylic acids is 1. The zero-order valence-corrected chi connectivity index (χ0v) is 8.47. The van der Waals surface area contributed by atoms with Gasteiger partial charge in [0, 0.05) is 12.8 Å². The van der Waals surface area contributed by atoms with Crippen LogP contribution in [0.25, 0.3) is 0 Å². The molecule has 0 saturated heterocycles. The lowest BCUT2D eigenvalue weighted by Crippen LogP contribution is -2.16. The van der Waals surface area contributed by atoms with Crippen LogP contribution in [0.4, 0.5) is 0 Å². The molecule has 0 aliphatic heterocycles. The van der Waals surface area contributed by atoms with Gasteiger partial charge in [0.05, 0.1) is 0 Å². The molecule has 12 heavy (non-hydrogen) atoms. The Balaban J connectivity index is 3.59. The lowest BCUT2D eigenvalue weighted by atomic mass is 9.96. The number of nitrogens with two attached hydrogens (primary N) is 1. The second kappa shape index (κ2) is 6.18. The molecule has 0 spiro atoms. The molecule has 0 saturated carbocycles. The zero-order chi connectivity index (χ0) is 9.56. The van der Waals surface area contributed by atoms with Gasteiger partial charge in [0.2, 0.25) is 0 Å². The van der Waals surface area contributed by atoms with E-state index in [4.69, 9.17) is 5.73 Å². The molecule has 2 unspecified atom stereocenters. The van der Waals surface area contributed by atoms with E-state index in [9.17, 15) is 4.79 Å². The van der Waals surface area contributed by atoms with Crippen molar-refractivity contribution in [1.29, 1.82) is 0 Å². The summed E-state index contributed by atoms with van der Waals surface area (Å²) in [5.41, 5.74) is 5.43. The number of rotatable bonds is 6. The Kier molecular flexibility index (Phi) is 5.99. The topological polar surface area (TPSA) is 43.1 Å². The molecule has 0 aromatic heterocycles. The quantitative estimate of drug-likeness (QED) is 0.664. The van der Waals surface area contributed by atoms with Crippen LogP contribution < -0.4 is 5.73 Å². The van der Waals surface area contributed by atoms with Crippen LogP contribution in [0.3, 0.4) is 0 Å². The van der Waals surface area contributed by atoms with E-state index >= 15 is 0 Å². The monoisotopic (exact) mass is 171 g/mol. The predicted molar refractivity (Wildman–Crippen MR) is 51.9 cm³/mol. The summed E-state index contributed by atoms with van der Waals surface area (Å²) in [6, 6.07) is 0. The van der Waals surface area contributed by atoms with Gasteiger partial charge in [-0.2, -0.15) is 0 Å². The van der Waals surface area contributed by atoms with Gasteiger partial charge in [-0.15, -0.1) is 0 Å². The third kappa shape index (κ3) is 5.30. The summed E-state index contributed by atoms with van der Waals surface area (Å²) in [5.74, 6) is 1.24. The third-order valence-electron chi connectivity index (χ3n) is 2.25. The summed E-state index contributed by atoms with van der Waals surface area (Å²) in [6.07, 6.45) is 2.46. The molecule has 2 nitrogen and oxygen atoms in total. The van der Waals surface area contributed by atoms with Crippen LogP contribution in [0, 0.1) is 11.8 Å². The first-order valence-electron chi connectivity index (χ1n) is 4.81. The zero-order valence-electron chi connectivity index (χ0n) is 8.47. The third-order valence-corrected chi connectivity index (χ3v) is 2.25. The number of ketones is 1. The Morgan fingerprint density at radius 1 is 1.25 bits per heavy atom. The fourth-order valence-electron chi connectivity index (χ4n) is 1.09. The lowest BCUT2D eigenvalue weighted by molar-refractivity contribution is -0.120. The van der Waals surface area contributed by atoms with Gasteiger partial charge in [-0.3, -0.25) is 4.79 Å². The Morgan fingerprint density at radius 3 is 2.17 bits per heavy atom. The summed E-state index contributed by atoms with van der Waals surface area (Å²) in [5, 5.41) is 0. The van der Waals surface area contributed by atoms with E-state index in [0.29, 0.717) is 30.6 Å². The maximum atomic E-state index is 11.3. The molecule has 72 valence electrons. The highest BCUT2D eigenvalue weighted by Gasteiger charge is 2.10. The summed E-state index contributed by atoms with van der Waals surface area (Å²) in [4.78, 5) is 11.3. The van der Waals surface area contributed by atoms with Crippen LogP contribution in [0.15, 0.2) is 0 Å². The maximum absolute atomic E-state index is 11.3. The molecule has 0 radical (unpaired) electrons. The van der Waals surface area contributed by atoms with Crippen LogP contribution in [0.1, 0.15) is 40.0 Å². The number of Topliss-reactive ketones (excluding diaryl/α,β-unsaturated/α-hetero) is 1. The lowest BCUT2D eigenvalue weighted by Gasteiger charge is -2.10. The molecule has 0 bridgehead atoms. The normalized spacial score (nSPS) is 15.7. The summed E-state index contributed by atoms with van der Waals surface area (Å²) < 4.78 is 0. The molecule has 0 aliphatic rings. The van der Waals surface area contributed by atoms with Crippen LogP contribution in [-0.2, 0) is 4.79 Å². The largest absolute Gasteiger partial charge is 0.330 e. The number of hydrogen-bond donors (Lipinski definition) is 1. The molecule has 0 aliphatic carbocycles. The van der Waals surface area contributed by atoms with E-state index in [2.05, 4.69) is 13.8 Å². The van der Waals surface area contributed by atoms with Crippen LogP contribution in [0.5, 0.6) is 0 Å². The van der Waals surface area contributed by atoms with Crippen molar-refractivity contribution in [3.63, 3.8) is 0 Å². The van der Waals surface area contributed by atoms with E-state index in [0.717, 1.165) is 12.8 Å². The summed E-state index contributed by atoms with van der Waals surface area (Å²) in [7, 11) is 0. The Bertz CT molecular complexity index is 120. The van der Waals surface area contributed by atoms with E-state index < -0.39 is 0 Å². The van der Waals surface area contributed by atoms with Gasteiger partial charge in [-0.1, -0.05) is 27.2 Å².